The van der Waals surface area contributed by atoms with Crippen LogP contribution in [0.2, 0.25) is 0 Å². The molecule has 0 radical (unpaired) electrons. The highest BCUT2D eigenvalue weighted by Gasteiger charge is 2.36. The van der Waals surface area contributed by atoms with Gasteiger partial charge < -0.3 is 9.84 Å². The lowest BCUT2D eigenvalue weighted by molar-refractivity contribution is -0.145. The lowest BCUT2D eigenvalue weighted by Gasteiger charge is -2.21. The van der Waals surface area contributed by atoms with E-state index in [2.05, 4.69) is 4.74 Å². The van der Waals surface area contributed by atoms with Gasteiger partial charge in [0.15, 0.2) is 0 Å². The Labute approximate surface area is 108 Å². The van der Waals surface area contributed by atoms with Crippen molar-refractivity contribution in [2.24, 2.45) is 0 Å². The van der Waals surface area contributed by atoms with Crippen molar-refractivity contribution < 1.29 is 23.1 Å². The normalized spacial score (nSPS) is 25.3. The molecule has 0 aromatic rings. The highest BCUT2D eigenvalue weighted by molar-refractivity contribution is 7.91. The number of aliphatic hydroxyl groups is 1. The van der Waals surface area contributed by atoms with Gasteiger partial charge in [-0.05, 0) is 6.42 Å². The van der Waals surface area contributed by atoms with Crippen LogP contribution in [0.5, 0.6) is 0 Å². The number of β-amino-alcohol motifs (C(OH)–C–C–N with tert-alkyl or cyclic N) is 1. The van der Waals surface area contributed by atoms with Crippen LogP contribution in [0, 0.1) is 0 Å². The largest absolute Gasteiger partial charge is 0.468 e. The van der Waals surface area contributed by atoms with E-state index in [4.69, 9.17) is 0 Å². The third-order valence-corrected chi connectivity index (χ3v) is 4.99. The molecular weight excluding hydrogens is 258 g/mol. The van der Waals surface area contributed by atoms with Crippen molar-refractivity contribution >= 4 is 15.8 Å². The van der Waals surface area contributed by atoms with Gasteiger partial charge in [-0.3, -0.25) is 9.69 Å². The molecule has 1 aliphatic heterocycles. The van der Waals surface area contributed by atoms with Gasteiger partial charge in [-0.25, -0.2) is 8.42 Å². The number of nitrogens with zero attached hydrogens (tertiary/aromatic N) is 1. The monoisotopic (exact) mass is 279 g/mol. The number of likely N-dealkylation sites (tertiary alicyclic amines) is 1. The molecular formula is C11H21NO5S. The molecule has 2 unspecified atom stereocenters. The molecule has 2 atom stereocenters. The summed E-state index contributed by atoms with van der Waals surface area (Å²) in [6, 6.07) is -0.450. The van der Waals surface area contributed by atoms with Gasteiger partial charge >= 0.3 is 5.97 Å². The molecule has 0 spiro atoms. The van der Waals surface area contributed by atoms with Gasteiger partial charge in [-0.15, -0.1) is 0 Å². The molecule has 18 heavy (non-hydrogen) atoms. The average molecular weight is 279 g/mol. The molecule has 1 aliphatic rings. The van der Waals surface area contributed by atoms with Gasteiger partial charge in [-0.2, -0.15) is 0 Å². The number of ether oxygens (including phenoxy) is 1. The van der Waals surface area contributed by atoms with Crippen LogP contribution in [0.4, 0.5) is 0 Å². The summed E-state index contributed by atoms with van der Waals surface area (Å²) in [5.74, 6) is -0.120. The number of methoxy groups -OCH3 is 1. The van der Waals surface area contributed by atoms with E-state index >= 15 is 0 Å². The molecule has 0 aromatic heterocycles. The lowest BCUT2D eigenvalue weighted by atomic mass is 10.2. The first-order chi connectivity index (χ1) is 8.39. The predicted molar refractivity (Wildman–Crippen MR) is 66.9 cm³/mol. The maximum atomic E-state index is 11.5. The van der Waals surface area contributed by atoms with E-state index in [-0.39, 0.29) is 17.5 Å². The van der Waals surface area contributed by atoms with Crippen LogP contribution in [0.1, 0.15) is 19.8 Å². The average Bonchev–Trinajstić information content (AvgIpc) is 2.69. The van der Waals surface area contributed by atoms with Crippen LogP contribution >= 0.6 is 0 Å². The van der Waals surface area contributed by atoms with E-state index in [1.165, 1.54) is 7.11 Å². The van der Waals surface area contributed by atoms with Gasteiger partial charge in [0.2, 0.25) is 0 Å². The predicted octanol–water partition coefficient (Wildman–Crippen LogP) is -0.581. The minimum atomic E-state index is -2.97. The third-order valence-electron chi connectivity index (χ3n) is 3.20. The third kappa shape index (κ3) is 4.22. The van der Waals surface area contributed by atoms with E-state index in [0.29, 0.717) is 25.9 Å². The summed E-state index contributed by atoms with van der Waals surface area (Å²) in [4.78, 5) is 13.3. The summed E-state index contributed by atoms with van der Waals surface area (Å²) >= 11 is 0. The molecule has 1 rings (SSSR count). The Morgan fingerprint density at radius 2 is 2.17 bits per heavy atom. The fourth-order valence-electron chi connectivity index (χ4n) is 2.14. The van der Waals surface area contributed by atoms with Gasteiger partial charge in [-0.1, -0.05) is 6.92 Å². The number of rotatable bonds is 6. The minimum absolute atomic E-state index is 0.115. The van der Waals surface area contributed by atoms with Crippen LogP contribution in [0.25, 0.3) is 0 Å². The first-order valence-corrected chi connectivity index (χ1v) is 7.92. The van der Waals surface area contributed by atoms with E-state index < -0.39 is 22.0 Å². The molecule has 1 fully saturated rings. The Bertz CT molecular complexity index is 381. The maximum absolute atomic E-state index is 11.5. The number of carbonyl (C=O) groups excluding carboxylic acids is 1. The van der Waals surface area contributed by atoms with Crippen LogP contribution in [-0.2, 0) is 19.4 Å². The molecule has 106 valence electrons. The first-order valence-electron chi connectivity index (χ1n) is 6.10. The molecule has 0 amide bonds. The standard InChI is InChI=1S/C11H21NO5S/c1-3-18(15,16)6-4-5-12-8-9(13)7-10(12)11(14)17-2/h9-10,13H,3-8H2,1-2H3. The van der Waals surface area contributed by atoms with Crippen molar-refractivity contribution in [1.82, 2.24) is 4.90 Å². The topological polar surface area (TPSA) is 83.9 Å². The van der Waals surface area contributed by atoms with Gasteiger partial charge in [0.25, 0.3) is 0 Å². The fourth-order valence-corrected chi connectivity index (χ4v) is 3.00. The lowest BCUT2D eigenvalue weighted by Crippen LogP contribution is -2.38. The zero-order valence-electron chi connectivity index (χ0n) is 10.8. The van der Waals surface area contributed by atoms with Crippen LogP contribution in [-0.4, -0.2) is 68.2 Å². The Morgan fingerprint density at radius 1 is 1.50 bits per heavy atom. The highest BCUT2D eigenvalue weighted by atomic mass is 32.2. The fraction of sp³-hybridized carbons (Fsp3) is 0.909. The molecule has 0 aliphatic carbocycles. The summed E-state index contributed by atoms with van der Waals surface area (Å²) < 4.78 is 27.4. The molecule has 7 heteroatoms. The second-order valence-electron chi connectivity index (χ2n) is 4.51. The summed E-state index contributed by atoms with van der Waals surface area (Å²) in [6.07, 6.45) is 0.278. The van der Waals surface area contributed by atoms with Crippen molar-refractivity contribution in [3.63, 3.8) is 0 Å². The van der Waals surface area contributed by atoms with Gasteiger partial charge in [0.05, 0.1) is 19.0 Å². The Balaban J connectivity index is 2.47. The molecule has 0 saturated carbocycles. The zero-order chi connectivity index (χ0) is 13.8. The number of esters is 1. The van der Waals surface area contributed by atoms with Gasteiger partial charge in [0, 0.05) is 25.3 Å². The van der Waals surface area contributed by atoms with Gasteiger partial charge in [0.1, 0.15) is 15.9 Å². The highest BCUT2D eigenvalue weighted by Crippen LogP contribution is 2.19. The Kier molecular flexibility index (Phi) is 5.55. The van der Waals surface area contributed by atoms with Crippen molar-refractivity contribution in [2.75, 3.05) is 31.7 Å². The summed E-state index contributed by atoms with van der Waals surface area (Å²) in [5.41, 5.74) is 0. The SMILES string of the molecule is CCS(=O)(=O)CCCN1CC(O)CC1C(=O)OC. The van der Waals surface area contributed by atoms with Crippen LogP contribution < -0.4 is 0 Å². The molecule has 0 bridgehead atoms. The smallest absolute Gasteiger partial charge is 0.323 e. The maximum Gasteiger partial charge on any atom is 0.323 e. The Hall–Kier alpha value is -0.660. The van der Waals surface area contributed by atoms with E-state index in [1.807, 2.05) is 0 Å². The summed E-state index contributed by atoms with van der Waals surface area (Å²) in [7, 11) is -1.66. The van der Waals surface area contributed by atoms with Crippen molar-refractivity contribution in [1.29, 1.82) is 0 Å². The van der Waals surface area contributed by atoms with Crippen LogP contribution in [0.15, 0.2) is 0 Å². The second kappa shape index (κ2) is 6.49. The van der Waals surface area contributed by atoms with E-state index in [0.717, 1.165) is 0 Å². The van der Waals surface area contributed by atoms with E-state index in [9.17, 15) is 18.3 Å². The second-order valence-corrected chi connectivity index (χ2v) is 6.99. The number of aliphatic hydroxyl groups excluding tert-OH is 1. The molecule has 1 N–H and O–H groups in total. The van der Waals surface area contributed by atoms with Crippen molar-refractivity contribution in [3.8, 4) is 0 Å². The molecule has 1 heterocycles. The Morgan fingerprint density at radius 3 is 2.72 bits per heavy atom. The number of hydrogen-bond donors (Lipinski definition) is 1. The molecule has 0 aromatic carbocycles. The van der Waals surface area contributed by atoms with Crippen molar-refractivity contribution in [3.05, 3.63) is 0 Å². The number of sulfone groups is 1. The van der Waals surface area contributed by atoms with Crippen molar-refractivity contribution in [2.45, 2.75) is 31.9 Å². The van der Waals surface area contributed by atoms with E-state index in [1.54, 1.807) is 11.8 Å². The summed E-state index contributed by atoms with van der Waals surface area (Å²) in [6.45, 7) is 2.49. The first kappa shape index (κ1) is 15.4. The number of carbonyl (C=O) groups is 1. The summed E-state index contributed by atoms with van der Waals surface area (Å²) in [5, 5.41) is 9.55. The minimum Gasteiger partial charge on any atom is -0.468 e. The molecule has 6 nitrogen and oxygen atoms in total. The molecule has 1 saturated heterocycles. The quantitative estimate of drug-likeness (QED) is 0.655. The van der Waals surface area contributed by atoms with Crippen LogP contribution in [0.3, 0.4) is 0 Å². The zero-order valence-corrected chi connectivity index (χ0v) is 11.6. The number of hydrogen-bond acceptors (Lipinski definition) is 6.